The first-order valence-electron chi connectivity index (χ1n) is 22.2. The maximum Gasteiger partial charge on any atom is 0.336 e. The molecule has 0 aromatic heterocycles. The second kappa shape index (κ2) is 26.0. The van der Waals surface area contributed by atoms with Crippen LogP contribution >= 0.6 is 0 Å². The second-order valence-corrected chi connectivity index (χ2v) is 31.7. The first kappa shape index (κ1) is 51.0. The predicted octanol–water partition coefficient (Wildman–Crippen LogP) is 13.2. The molecule has 0 aromatic carbocycles. The minimum Gasteiger partial charge on any atom is -0.481 e. The smallest absolute Gasteiger partial charge is 0.336 e. The van der Waals surface area contributed by atoms with Crippen molar-refractivity contribution >= 4 is 42.1 Å². The maximum absolute atomic E-state index is 15.4. The van der Waals surface area contributed by atoms with Gasteiger partial charge in [-0.05, 0) is 0 Å². The van der Waals surface area contributed by atoms with Gasteiger partial charge >= 0.3 is 17.9 Å². The summed E-state index contributed by atoms with van der Waals surface area (Å²) < 4.78 is -1.94. The Hall–Kier alpha value is -0.979. The Morgan fingerprint density at radius 3 is 0.827 bits per heavy atom. The second-order valence-electron chi connectivity index (χ2n) is 16.8. The van der Waals surface area contributed by atoms with E-state index in [2.05, 4.69) is 62.3 Å². The highest BCUT2D eigenvalue weighted by atomic mass is 28.4. The van der Waals surface area contributed by atoms with Gasteiger partial charge in [0, 0.05) is 0 Å². The van der Waals surface area contributed by atoms with Crippen LogP contribution in [0.2, 0.25) is 64.6 Å². The van der Waals surface area contributed by atoms with Gasteiger partial charge in [-0.15, -0.1) is 0 Å². The number of unbranched alkanes of at least 4 members (excludes halogenated alkanes) is 9. The van der Waals surface area contributed by atoms with E-state index in [9.17, 15) is 30.0 Å². The summed E-state index contributed by atoms with van der Waals surface area (Å²) in [5.74, 6) is -3.94. The molecule has 2 unspecified atom stereocenters. The van der Waals surface area contributed by atoms with Crippen molar-refractivity contribution in [3.05, 3.63) is 0 Å². The molecule has 0 rings (SSSR count). The summed E-state index contributed by atoms with van der Waals surface area (Å²) in [6.07, 6.45) is 14.7. The molecule has 0 amide bonds. The zero-order valence-electron chi connectivity index (χ0n) is 35.7. The number of rotatable bonds is 35. The van der Waals surface area contributed by atoms with E-state index in [1.807, 2.05) is 0 Å². The van der Waals surface area contributed by atoms with E-state index in [1.54, 1.807) is 0 Å². The van der Waals surface area contributed by atoms with Crippen molar-refractivity contribution in [3.63, 3.8) is 0 Å². The van der Waals surface area contributed by atoms with Gasteiger partial charge in [0.2, 0.25) is 0 Å². The van der Waals surface area contributed by atoms with Crippen LogP contribution in [0.25, 0.3) is 0 Å². The van der Waals surface area contributed by atoms with Crippen molar-refractivity contribution in [2.75, 3.05) is 0 Å². The highest BCUT2D eigenvalue weighted by Crippen LogP contribution is 2.69. The van der Waals surface area contributed by atoms with Crippen molar-refractivity contribution < 1.29 is 34.8 Å². The fourth-order valence-electron chi connectivity index (χ4n) is 10.7. The molecule has 0 aromatic rings. The lowest BCUT2D eigenvalue weighted by atomic mass is 9.92. The van der Waals surface area contributed by atoms with Crippen molar-refractivity contribution in [1.82, 2.24) is 0 Å². The van der Waals surface area contributed by atoms with E-state index in [0.717, 1.165) is 116 Å². The lowest BCUT2D eigenvalue weighted by Crippen LogP contribution is -2.79. The summed E-state index contributed by atoms with van der Waals surface area (Å²) in [6.45, 7) is 19.0. The Balaban J connectivity index is 9.58. The average Bonchev–Trinajstić information content (AvgIpc) is 3.12. The fourth-order valence-corrected chi connectivity index (χ4v) is 37.3. The molecular formula is C42H86O7Si3. The van der Waals surface area contributed by atoms with Gasteiger partial charge in [-0.3, -0.25) is 9.59 Å². The summed E-state index contributed by atoms with van der Waals surface area (Å²) in [4.78, 5) is 44.7. The Morgan fingerprint density at radius 1 is 0.423 bits per heavy atom. The Morgan fingerprint density at radius 2 is 0.654 bits per heavy atom. The Kier molecular flexibility index (Phi) is 25.5. The minimum atomic E-state index is -3.38. The SMILES string of the molecule is CCCC[Si](CCCC)(CCCC)C(C(=O)O)C(O)(C(=O)O)C(C(=O)O)([Si](CCCC)(CCCC)CCCC)[Si](CCCC)(CCCC)CCCC. The third-order valence-electron chi connectivity index (χ3n) is 13.2. The third-order valence-corrected chi connectivity index (χ3v) is 34.6. The van der Waals surface area contributed by atoms with E-state index in [1.165, 1.54) is 0 Å². The lowest BCUT2D eigenvalue weighted by molar-refractivity contribution is -0.174. The van der Waals surface area contributed by atoms with Crippen LogP contribution in [0.4, 0.5) is 0 Å². The molecule has 0 aliphatic carbocycles. The number of carbonyl (C=O) groups is 3. The van der Waals surface area contributed by atoms with E-state index in [0.29, 0.717) is 54.4 Å². The van der Waals surface area contributed by atoms with Crippen molar-refractivity contribution in [2.45, 2.75) is 248 Å². The molecule has 0 aliphatic heterocycles. The van der Waals surface area contributed by atoms with Gasteiger partial charge in [0.25, 0.3) is 0 Å². The number of carboxylic acids is 3. The summed E-state index contributed by atoms with van der Waals surface area (Å²) in [7, 11) is -9.95. The molecule has 0 saturated carbocycles. The number of hydrogen-bond donors (Lipinski definition) is 4. The largest absolute Gasteiger partial charge is 0.481 e. The minimum absolute atomic E-state index is 0.618. The van der Waals surface area contributed by atoms with Crippen LogP contribution in [0.1, 0.15) is 178 Å². The zero-order chi connectivity index (χ0) is 39.9. The molecule has 0 spiro atoms. The summed E-state index contributed by atoms with van der Waals surface area (Å²) >= 11 is 0. The summed E-state index contributed by atoms with van der Waals surface area (Å²) in [5.41, 5.74) is -4.46. The molecular weight excluding hydrogens is 701 g/mol. The number of hydrogen-bond acceptors (Lipinski definition) is 4. The first-order chi connectivity index (χ1) is 24.7. The van der Waals surface area contributed by atoms with E-state index < -0.39 is 57.9 Å². The van der Waals surface area contributed by atoms with Crippen LogP contribution in [-0.2, 0) is 14.4 Å². The third kappa shape index (κ3) is 11.5. The highest BCUT2D eigenvalue weighted by molar-refractivity contribution is 7.06. The van der Waals surface area contributed by atoms with Crippen molar-refractivity contribution in [2.24, 2.45) is 0 Å². The first-order valence-corrected chi connectivity index (χ1v) is 30.1. The molecule has 308 valence electrons. The zero-order valence-corrected chi connectivity index (χ0v) is 38.7. The normalized spacial score (nSPS) is 14.7. The molecule has 0 aliphatic rings. The van der Waals surface area contributed by atoms with Gasteiger partial charge in [0.05, 0.1) is 34.4 Å². The fraction of sp³-hybridized carbons (Fsp3) is 0.929. The Labute approximate surface area is 324 Å². The monoisotopic (exact) mass is 787 g/mol. The van der Waals surface area contributed by atoms with Crippen LogP contribution in [0.3, 0.4) is 0 Å². The van der Waals surface area contributed by atoms with Crippen LogP contribution in [-0.4, -0.2) is 68.2 Å². The molecule has 4 N–H and O–H groups in total. The molecule has 52 heavy (non-hydrogen) atoms. The number of aliphatic hydroxyl groups is 1. The van der Waals surface area contributed by atoms with Gasteiger partial charge in [-0.2, -0.15) is 0 Å². The van der Waals surface area contributed by atoms with Crippen molar-refractivity contribution in [3.8, 4) is 0 Å². The standard InChI is InChI=1S/C42H86O7Si3/c1-10-19-28-50(29-20-11-2,30-21-12-3)37(38(43)44)41(49,39(45)46)42(40(47)48,51(31-22-13-4,32-23-14-5)33-24-15-6)52(34-25-16-7,35-26-17-8)36-27-18-9/h37,49H,10-36H2,1-9H3,(H,43,44)(H,45,46)(H,47,48). The molecule has 7 nitrogen and oxygen atoms in total. The molecule has 0 fully saturated rings. The average molecular weight is 787 g/mol. The molecule has 0 saturated heterocycles. The summed E-state index contributed by atoms with van der Waals surface area (Å²) in [6, 6.07) is 5.71. The van der Waals surface area contributed by atoms with Crippen LogP contribution in [0.5, 0.6) is 0 Å². The van der Waals surface area contributed by atoms with Gasteiger partial charge in [-0.25, -0.2) is 4.79 Å². The molecule has 0 heterocycles. The van der Waals surface area contributed by atoms with E-state index in [-0.39, 0.29) is 0 Å². The van der Waals surface area contributed by atoms with E-state index in [4.69, 9.17) is 0 Å². The Bertz CT molecular complexity index is 909. The molecule has 10 heteroatoms. The maximum atomic E-state index is 15.4. The molecule has 0 radical (unpaired) electrons. The summed E-state index contributed by atoms with van der Waals surface area (Å²) in [5, 5.41) is 50.6. The lowest BCUT2D eigenvalue weighted by Gasteiger charge is -2.64. The highest BCUT2D eigenvalue weighted by Gasteiger charge is 2.82. The van der Waals surface area contributed by atoms with Crippen molar-refractivity contribution in [1.29, 1.82) is 0 Å². The molecule has 2 atom stereocenters. The number of aliphatic carboxylic acids is 3. The van der Waals surface area contributed by atoms with Gasteiger partial charge in [-0.1, -0.05) is 232 Å². The molecule has 0 bridgehead atoms. The van der Waals surface area contributed by atoms with Crippen LogP contribution in [0, 0.1) is 0 Å². The topological polar surface area (TPSA) is 132 Å². The van der Waals surface area contributed by atoms with E-state index >= 15 is 4.79 Å². The van der Waals surface area contributed by atoms with Crippen LogP contribution < -0.4 is 0 Å². The number of carboxylic acid groups (broad SMARTS) is 3. The van der Waals surface area contributed by atoms with Gasteiger partial charge < -0.3 is 20.4 Å². The quantitative estimate of drug-likeness (QED) is 0.0470. The van der Waals surface area contributed by atoms with Crippen LogP contribution in [0.15, 0.2) is 0 Å². The van der Waals surface area contributed by atoms with Gasteiger partial charge in [0.1, 0.15) is 0 Å². The predicted molar refractivity (Wildman–Crippen MR) is 229 cm³/mol. The van der Waals surface area contributed by atoms with Gasteiger partial charge in [0.15, 0.2) is 5.60 Å².